The molecule has 1 aromatic carbocycles. The maximum absolute atomic E-state index is 13.0. The van der Waals surface area contributed by atoms with Gasteiger partial charge in [-0.3, -0.25) is 4.90 Å². The number of nitrogens with zero attached hydrogens (tertiary/aromatic N) is 1. The monoisotopic (exact) mass is 348 g/mol. The molecule has 1 N–H and O–H groups in total. The number of alkyl halides is 2. The SMILES string of the molecule is CC(C)(C)Oc1ccc([C@H](CC(F)F)N2CCNCC2)cc1.Cl. The van der Waals surface area contributed by atoms with E-state index in [0.29, 0.717) is 0 Å². The van der Waals surface area contributed by atoms with Crippen molar-refractivity contribution in [2.75, 3.05) is 26.2 Å². The van der Waals surface area contributed by atoms with Gasteiger partial charge in [-0.2, -0.15) is 0 Å². The summed E-state index contributed by atoms with van der Waals surface area (Å²) in [5.74, 6) is 0.771. The van der Waals surface area contributed by atoms with Crippen LogP contribution in [0.4, 0.5) is 8.78 Å². The summed E-state index contributed by atoms with van der Waals surface area (Å²) < 4.78 is 31.7. The molecule has 0 spiro atoms. The molecule has 0 unspecified atom stereocenters. The van der Waals surface area contributed by atoms with Gasteiger partial charge in [-0.15, -0.1) is 12.4 Å². The summed E-state index contributed by atoms with van der Waals surface area (Å²) in [7, 11) is 0. The van der Waals surface area contributed by atoms with E-state index in [-0.39, 0.29) is 30.5 Å². The predicted molar refractivity (Wildman–Crippen MR) is 91.9 cm³/mol. The van der Waals surface area contributed by atoms with Crippen molar-refractivity contribution >= 4 is 12.4 Å². The Kier molecular flexibility index (Phi) is 7.71. The second kappa shape index (κ2) is 8.81. The zero-order valence-corrected chi connectivity index (χ0v) is 14.8. The minimum Gasteiger partial charge on any atom is -0.488 e. The highest BCUT2D eigenvalue weighted by Gasteiger charge is 2.25. The van der Waals surface area contributed by atoms with Crippen molar-refractivity contribution in [2.24, 2.45) is 0 Å². The van der Waals surface area contributed by atoms with E-state index in [1.165, 1.54) is 0 Å². The van der Waals surface area contributed by atoms with E-state index in [1.807, 2.05) is 45.0 Å². The molecule has 2 rings (SSSR count). The summed E-state index contributed by atoms with van der Waals surface area (Å²) in [5, 5.41) is 3.26. The number of nitrogens with one attached hydrogen (secondary N) is 1. The molecule has 132 valence electrons. The average molecular weight is 349 g/mol. The number of benzene rings is 1. The Morgan fingerprint density at radius 1 is 1.13 bits per heavy atom. The van der Waals surface area contributed by atoms with Crippen LogP contribution in [0.5, 0.6) is 5.75 Å². The number of piperazine rings is 1. The van der Waals surface area contributed by atoms with Crippen molar-refractivity contribution in [1.29, 1.82) is 0 Å². The Morgan fingerprint density at radius 2 is 1.70 bits per heavy atom. The van der Waals surface area contributed by atoms with Gasteiger partial charge in [0, 0.05) is 38.6 Å². The van der Waals surface area contributed by atoms with Crippen molar-refractivity contribution in [3.8, 4) is 5.75 Å². The van der Waals surface area contributed by atoms with Crippen LogP contribution < -0.4 is 10.1 Å². The molecule has 0 aliphatic carbocycles. The molecule has 23 heavy (non-hydrogen) atoms. The number of hydrogen-bond donors (Lipinski definition) is 1. The van der Waals surface area contributed by atoms with Crippen LogP contribution in [-0.4, -0.2) is 43.1 Å². The highest BCUT2D eigenvalue weighted by molar-refractivity contribution is 5.85. The van der Waals surface area contributed by atoms with E-state index in [4.69, 9.17) is 4.74 Å². The van der Waals surface area contributed by atoms with E-state index in [2.05, 4.69) is 10.2 Å². The average Bonchev–Trinajstić information content (AvgIpc) is 2.45. The summed E-state index contributed by atoms with van der Waals surface area (Å²) in [6.07, 6.45) is -2.43. The lowest BCUT2D eigenvalue weighted by Gasteiger charge is -2.35. The zero-order chi connectivity index (χ0) is 16.2. The maximum Gasteiger partial charge on any atom is 0.240 e. The first-order chi connectivity index (χ1) is 10.3. The van der Waals surface area contributed by atoms with E-state index in [1.54, 1.807) is 0 Å². The second-order valence-corrected chi connectivity index (χ2v) is 6.71. The maximum atomic E-state index is 13.0. The van der Waals surface area contributed by atoms with Gasteiger partial charge in [-0.25, -0.2) is 8.78 Å². The Balaban J connectivity index is 0.00000264. The highest BCUT2D eigenvalue weighted by Crippen LogP contribution is 2.29. The molecular weight excluding hydrogens is 322 g/mol. The van der Waals surface area contributed by atoms with Gasteiger partial charge in [-0.05, 0) is 38.5 Å². The van der Waals surface area contributed by atoms with Gasteiger partial charge in [0.25, 0.3) is 0 Å². The Hall–Kier alpha value is -0.910. The lowest BCUT2D eigenvalue weighted by Crippen LogP contribution is -2.45. The Bertz CT molecular complexity index is 457. The predicted octanol–water partition coefficient (Wildman–Crippen LogP) is 3.89. The molecule has 3 nitrogen and oxygen atoms in total. The van der Waals surface area contributed by atoms with E-state index < -0.39 is 6.43 Å². The number of ether oxygens (including phenoxy) is 1. The van der Waals surface area contributed by atoms with Crippen LogP contribution in [0, 0.1) is 0 Å². The largest absolute Gasteiger partial charge is 0.488 e. The molecule has 1 aliphatic heterocycles. The minimum absolute atomic E-state index is 0. The van der Waals surface area contributed by atoms with Crippen LogP contribution >= 0.6 is 12.4 Å². The van der Waals surface area contributed by atoms with Gasteiger partial charge < -0.3 is 10.1 Å². The molecule has 1 aromatic rings. The van der Waals surface area contributed by atoms with Crippen molar-refractivity contribution < 1.29 is 13.5 Å². The first-order valence-electron chi connectivity index (χ1n) is 7.87. The van der Waals surface area contributed by atoms with Crippen molar-refractivity contribution in [3.63, 3.8) is 0 Å². The van der Waals surface area contributed by atoms with Gasteiger partial charge in [0.15, 0.2) is 0 Å². The third-order valence-electron chi connectivity index (χ3n) is 3.68. The van der Waals surface area contributed by atoms with Crippen molar-refractivity contribution in [3.05, 3.63) is 29.8 Å². The molecule has 1 aliphatic rings. The lowest BCUT2D eigenvalue weighted by molar-refractivity contribution is 0.0738. The normalized spacial score (nSPS) is 17.7. The molecule has 0 aromatic heterocycles. The smallest absolute Gasteiger partial charge is 0.240 e. The molecule has 1 fully saturated rings. The fourth-order valence-electron chi connectivity index (χ4n) is 2.77. The van der Waals surface area contributed by atoms with Crippen LogP contribution in [0.3, 0.4) is 0 Å². The van der Waals surface area contributed by atoms with Crippen LogP contribution in [-0.2, 0) is 0 Å². The van der Waals surface area contributed by atoms with Gasteiger partial charge in [-0.1, -0.05) is 12.1 Å². The number of rotatable bonds is 5. The molecule has 1 saturated heterocycles. The Morgan fingerprint density at radius 3 is 2.17 bits per heavy atom. The summed E-state index contributed by atoms with van der Waals surface area (Å²) in [6, 6.07) is 7.35. The molecule has 1 atom stereocenters. The molecule has 0 radical (unpaired) electrons. The summed E-state index contributed by atoms with van der Waals surface area (Å²) in [6.45, 7) is 9.27. The fourth-order valence-corrected chi connectivity index (χ4v) is 2.77. The molecule has 0 saturated carbocycles. The van der Waals surface area contributed by atoms with E-state index in [0.717, 1.165) is 37.5 Å². The standard InChI is InChI=1S/C17H26F2N2O.ClH/c1-17(2,3)22-14-6-4-13(5-7-14)15(12-16(18)19)21-10-8-20-9-11-21;/h4-7,15-16,20H,8-12H2,1-3H3;1H/t15-;/m0./s1. The van der Waals surface area contributed by atoms with Gasteiger partial charge in [0.05, 0.1) is 0 Å². The summed E-state index contributed by atoms with van der Waals surface area (Å²) >= 11 is 0. The fraction of sp³-hybridized carbons (Fsp3) is 0.647. The van der Waals surface area contributed by atoms with Crippen LogP contribution in [0.2, 0.25) is 0 Å². The van der Waals surface area contributed by atoms with Crippen LogP contribution in [0.25, 0.3) is 0 Å². The van der Waals surface area contributed by atoms with Crippen molar-refractivity contribution in [1.82, 2.24) is 10.2 Å². The first kappa shape index (κ1) is 20.1. The molecule has 6 heteroatoms. The minimum atomic E-state index is -2.30. The first-order valence-corrected chi connectivity index (χ1v) is 7.87. The van der Waals surface area contributed by atoms with E-state index >= 15 is 0 Å². The molecule has 0 amide bonds. The van der Waals surface area contributed by atoms with Gasteiger partial charge in [0.1, 0.15) is 11.4 Å². The number of halogens is 3. The van der Waals surface area contributed by atoms with Crippen molar-refractivity contribution in [2.45, 2.75) is 45.3 Å². The quantitative estimate of drug-likeness (QED) is 0.873. The lowest BCUT2D eigenvalue weighted by atomic mass is 10.0. The highest BCUT2D eigenvalue weighted by atomic mass is 35.5. The number of hydrogen-bond acceptors (Lipinski definition) is 3. The second-order valence-electron chi connectivity index (χ2n) is 6.71. The zero-order valence-electron chi connectivity index (χ0n) is 14.0. The van der Waals surface area contributed by atoms with E-state index in [9.17, 15) is 8.78 Å². The summed E-state index contributed by atoms with van der Waals surface area (Å²) in [4.78, 5) is 2.14. The van der Waals surface area contributed by atoms with Crippen LogP contribution in [0.1, 0.15) is 38.8 Å². The third kappa shape index (κ3) is 6.61. The van der Waals surface area contributed by atoms with Crippen LogP contribution in [0.15, 0.2) is 24.3 Å². The summed E-state index contributed by atoms with van der Waals surface area (Å²) in [5.41, 5.74) is 0.672. The topological polar surface area (TPSA) is 24.5 Å². The Labute approximate surface area is 143 Å². The van der Waals surface area contributed by atoms with Gasteiger partial charge >= 0.3 is 0 Å². The van der Waals surface area contributed by atoms with Gasteiger partial charge in [0.2, 0.25) is 6.43 Å². The molecule has 0 bridgehead atoms. The molecule has 1 heterocycles. The molecular formula is C17H27ClF2N2O. The third-order valence-corrected chi connectivity index (χ3v) is 3.68.